The van der Waals surface area contributed by atoms with Crippen LogP contribution in [0, 0.1) is 5.92 Å². The van der Waals surface area contributed by atoms with Gasteiger partial charge in [0.05, 0.1) is 7.11 Å². The Morgan fingerprint density at radius 2 is 1.78 bits per heavy atom. The molecule has 0 fully saturated rings. The van der Waals surface area contributed by atoms with E-state index in [2.05, 4.69) is 4.98 Å². The molecule has 0 aromatic carbocycles. The van der Waals surface area contributed by atoms with E-state index in [4.69, 9.17) is 14.2 Å². The molecule has 1 unspecified atom stereocenters. The third kappa shape index (κ3) is 3.09. The fraction of sp³-hybridized carbons (Fsp3) is 0.562. The lowest BCUT2D eigenvalue weighted by Crippen LogP contribution is -2.35. The molecule has 23 heavy (non-hydrogen) atoms. The molecule has 7 heteroatoms. The maximum absolute atomic E-state index is 11.8. The van der Waals surface area contributed by atoms with Crippen LogP contribution in [0.4, 0.5) is 0 Å². The van der Waals surface area contributed by atoms with Crippen LogP contribution in [0.25, 0.3) is 0 Å². The van der Waals surface area contributed by atoms with Gasteiger partial charge in [-0.25, -0.2) is 4.79 Å². The number of fused-ring (bicyclic) bond motifs is 1. The van der Waals surface area contributed by atoms with Crippen LogP contribution in [0.3, 0.4) is 0 Å². The number of methoxy groups -OCH3 is 1. The first-order valence-corrected chi connectivity index (χ1v) is 7.41. The largest absolute Gasteiger partial charge is 0.464 e. The molecule has 126 valence electrons. The number of carbonyl (C=O) groups is 3. The molecule has 1 aromatic heterocycles. The summed E-state index contributed by atoms with van der Waals surface area (Å²) in [6.45, 7) is 6.52. The highest BCUT2D eigenvalue weighted by Crippen LogP contribution is 2.50. The second kappa shape index (κ2) is 6.06. The van der Waals surface area contributed by atoms with Crippen LogP contribution in [-0.2, 0) is 29.6 Å². The average Bonchev–Trinajstić information content (AvgIpc) is 2.96. The molecule has 0 radical (unpaired) electrons. The van der Waals surface area contributed by atoms with Crippen molar-refractivity contribution in [3.63, 3.8) is 0 Å². The van der Waals surface area contributed by atoms with Crippen LogP contribution in [-0.4, -0.2) is 30.0 Å². The predicted octanol–water partition coefficient (Wildman–Crippen LogP) is 2.22. The van der Waals surface area contributed by atoms with E-state index in [-0.39, 0.29) is 17.5 Å². The minimum atomic E-state index is -1.53. The van der Waals surface area contributed by atoms with E-state index in [0.717, 1.165) is 5.56 Å². The lowest BCUT2D eigenvalue weighted by molar-refractivity contribution is -0.234. The number of aromatic nitrogens is 1. The number of esters is 3. The fourth-order valence-corrected chi connectivity index (χ4v) is 3.07. The van der Waals surface area contributed by atoms with Crippen molar-refractivity contribution in [1.29, 1.82) is 0 Å². The van der Waals surface area contributed by atoms with Crippen molar-refractivity contribution in [2.45, 2.75) is 45.8 Å². The zero-order chi connectivity index (χ0) is 17.4. The van der Waals surface area contributed by atoms with Crippen LogP contribution in [0.5, 0.6) is 0 Å². The van der Waals surface area contributed by atoms with E-state index in [9.17, 15) is 14.4 Å². The van der Waals surface area contributed by atoms with Gasteiger partial charge in [-0.15, -0.1) is 0 Å². The van der Waals surface area contributed by atoms with Crippen molar-refractivity contribution >= 4 is 17.9 Å². The lowest BCUT2D eigenvalue weighted by atomic mass is 9.90. The van der Waals surface area contributed by atoms with Crippen molar-refractivity contribution in [1.82, 2.24) is 4.98 Å². The molecule has 0 saturated heterocycles. The van der Waals surface area contributed by atoms with Crippen LogP contribution in [0.15, 0.2) is 6.07 Å². The summed E-state index contributed by atoms with van der Waals surface area (Å²) in [5.74, 6) is -3.05. The highest BCUT2D eigenvalue weighted by Gasteiger charge is 2.52. The topological polar surface area (TPSA) is 94.7 Å². The van der Waals surface area contributed by atoms with E-state index < -0.39 is 23.7 Å². The van der Waals surface area contributed by atoms with Gasteiger partial charge in [-0.2, -0.15) is 0 Å². The minimum absolute atomic E-state index is 0.0293. The van der Waals surface area contributed by atoms with Gasteiger partial charge in [-0.05, 0) is 23.5 Å². The Balaban J connectivity index is 2.57. The quantitative estimate of drug-likeness (QED) is 0.674. The standard InChI is InChI=1S/C16H21NO6/c1-8(2)12-7-16(22-9(3)18,23-10(4)19)14-11(12)6-13(17-14)15(20)21-5/h6,8,12,17H,7H2,1-5H3. The third-order valence-electron chi connectivity index (χ3n) is 3.94. The molecule has 0 amide bonds. The summed E-state index contributed by atoms with van der Waals surface area (Å²) in [5.41, 5.74) is 1.44. The van der Waals surface area contributed by atoms with Crippen molar-refractivity contribution in [3.05, 3.63) is 23.0 Å². The minimum Gasteiger partial charge on any atom is -0.464 e. The molecule has 1 N–H and O–H groups in total. The molecule has 2 rings (SSSR count). The van der Waals surface area contributed by atoms with Crippen LogP contribution in [0.2, 0.25) is 0 Å². The van der Waals surface area contributed by atoms with Crippen LogP contribution in [0.1, 0.15) is 61.8 Å². The molecule has 7 nitrogen and oxygen atoms in total. The van der Waals surface area contributed by atoms with Gasteiger partial charge < -0.3 is 19.2 Å². The summed E-state index contributed by atoms with van der Waals surface area (Å²) in [6, 6.07) is 1.67. The second-order valence-electron chi connectivity index (χ2n) is 6.00. The van der Waals surface area contributed by atoms with Gasteiger partial charge >= 0.3 is 17.9 Å². The summed E-state index contributed by atoms with van der Waals surface area (Å²) >= 11 is 0. The molecule has 1 aromatic rings. The molecule has 0 aliphatic heterocycles. The first-order chi connectivity index (χ1) is 10.7. The molecule has 0 saturated carbocycles. The molecular weight excluding hydrogens is 302 g/mol. The Labute approximate surface area is 134 Å². The highest BCUT2D eigenvalue weighted by atomic mass is 16.7. The Morgan fingerprint density at radius 3 is 2.22 bits per heavy atom. The second-order valence-corrected chi connectivity index (χ2v) is 6.00. The number of nitrogens with one attached hydrogen (secondary N) is 1. The molecule has 1 heterocycles. The van der Waals surface area contributed by atoms with Gasteiger partial charge in [-0.1, -0.05) is 13.8 Å². The van der Waals surface area contributed by atoms with E-state index in [1.807, 2.05) is 13.8 Å². The maximum atomic E-state index is 11.8. The Bertz CT molecular complexity index is 629. The summed E-state index contributed by atoms with van der Waals surface area (Å²) in [4.78, 5) is 37.8. The number of hydrogen-bond donors (Lipinski definition) is 1. The first-order valence-electron chi connectivity index (χ1n) is 7.41. The van der Waals surface area contributed by atoms with Crippen LogP contribution >= 0.6 is 0 Å². The SMILES string of the molecule is COC(=O)c1cc2c([nH]1)C(OC(C)=O)(OC(C)=O)CC2C(C)C. The Kier molecular flexibility index (Phi) is 4.49. The maximum Gasteiger partial charge on any atom is 0.354 e. The Morgan fingerprint density at radius 1 is 1.22 bits per heavy atom. The Hall–Kier alpha value is -2.31. The van der Waals surface area contributed by atoms with Gasteiger partial charge in [0, 0.05) is 20.3 Å². The van der Waals surface area contributed by atoms with E-state index in [0.29, 0.717) is 12.1 Å². The van der Waals surface area contributed by atoms with Crippen molar-refractivity contribution < 1.29 is 28.6 Å². The van der Waals surface area contributed by atoms with Gasteiger partial charge in [0.2, 0.25) is 0 Å². The number of ether oxygens (including phenoxy) is 3. The molecule has 0 spiro atoms. The molecule has 1 aliphatic carbocycles. The van der Waals surface area contributed by atoms with Gasteiger partial charge in [0.25, 0.3) is 5.79 Å². The number of rotatable bonds is 4. The number of carbonyl (C=O) groups excluding carboxylic acids is 3. The smallest absolute Gasteiger partial charge is 0.354 e. The molecular formula is C16H21NO6. The number of aromatic amines is 1. The van der Waals surface area contributed by atoms with E-state index >= 15 is 0 Å². The summed E-state index contributed by atoms with van der Waals surface area (Å²) in [5, 5.41) is 0. The average molecular weight is 323 g/mol. The van der Waals surface area contributed by atoms with E-state index in [1.54, 1.807) is 6.07 Å². The van der Waals surface area contributed by atoms with Crippen LogP contribution < -0.4 is 0 Å². The highest BCUT2D eigenvalue weighted by molar-refractivity contribution is 5.88. The first kappa shape index (κ1) is 17.1. The van der Waals surface area contributed by atoms with Crippen molar-refractivity contribution in [2.24, 2.45) is 5.92 Å². The van der Waals surface area contributed by atoms with E-state index in [1.165, 1.54) is 21.0 Å². The normalized spacial score (nSPS) is 18.4. The summed E-state index contributed by atoms with van der Waals surface area (Å²) < 4.78 is 15.5. The lowest BCUT2D eigenvalue weighted by Gasteiger charge is -2.29. The zero-order valence-corrected chi connectivity index (χ0v) is 13.9. The molecule has 1 aliphatic rings. The monoisotopic (exact) mass is 323 g/mol. The predicted molar refractivity (Wildman–Crippen MR) is 79.5 cm³/mol. The van der Waals surface area contributed by atoms with Gasteiger partial charge in [-0.3, -0.25) is 9.59 Å². The summed E-state index contributed by atoms with van der Waals surface area (Å²) in [7, 11) is 1.28. The van der Waals surface area contributed by atoms with Gasteiger partial charge in [0.15, 0.2) is 0 Å². The third-order valence-corrected chi connectivity index (χ3v) is 3.94. The number of hydrogen-bond acceptors (Lipinski definition) is 6. The van der Waals surface area contributed by atoms with Crippen molar-refractivity contribution in [2.75, 3.05) is 7.11 Å². The van der Waals surface area contributed by atoms with Gasteiger partial charge in [0.1, 0.15) is 11.4 Å². The fourth-order valence-electron chi connectivity index (χ4n) is 3.07. The summed E-state index contributed by atoms with van der Waals surface area (Å²) in [6.07, 6.45) is 0.312. The zero-order valence-electron chi connectivity index (χ0n) is 13.9. The van der Waals surface area contributed by atoms with Crippen molar-refractivity contribution in [3.8, 4) is 0 Å². The molecule has 1 atom stereocenters. The molecule has 0 bridgehead atoms. The number of H-pyrrole nitrogens is 1.